The van der Waals surface area contributed by atoms with Crippen molar-refractivity contribution in [3.63, 3.8) is 0 Å². The van der Waals surface area contributed by atoms with Crippen LogP contribution in [0, 0.1) is 6.92 Å². The number of hydrogen-bond acceptors (Lipinski definition) is 4. The third-order valence-electron chi connectivity index (χ3n) is 4.28. The molecule has 128 valence electrons. The first-order valence-corrected chi connectivity index (χ1v) is 8.16. The lowest BCUT2D eigenvalue weighted by Crippen LogP contribution is -2.24. The van der Waals surface area contributed by atoms with Crippen molar-refractivity contribution in [2.45, 2.75) is 19.9 Å². The minimum absolute atomic E-state index is 0.183. The molecule has 0 saturated carbocycles. The first-order chi connectivity index (χ1) is 11.9. The van der Waals surface area contributed by atoms with Crippen LogP contribution in [0.15, 0.2) is 47.4 Å². The molecule has 0 N–H and O–H groups in total. The summed E-state index contributed by atoms with van der Waals surface area (Å²) in [5, 5.41) is 1.03. The van der Waals surface area contributed by atoms with E-state index in [0.29, 0.717) is 27.2 Å². The van der Waals surface area contributed by atoms with Crippen LogP contribution in [0.5, 0.6) is 0 Å². The second-order valence-corrected chi connectivity index (χ2v) is 6.24. The summed E-state index contributed by atoms with van der Waals surface area (Å²) in [5.41, 5.74) is 2.12. The molecule has 6 heteroatoms. The number of benzene rings is 1. The number of hydrogen-bond donors (Lipinski definition) is 0. The van der Waals surface area contributed by atoms with Crippen molar-refractivity contribution in [2.75, 3.05) is 7.11 Å². The molecule has 2 aromatic heterocycles. The van der Waals surface area contributed by atoms with Gasteiger partial charge in [-0.3, -0.25) is 9.78 Å². The third kappa shape index (κ3) is 3.15. The van der Waals surface area contributed by atoms with E-state index in [1.807, 2.05) is 19.1 Å². The number of pyridine rings is 2. The van der Waals surface area contributed by atoms with Gasteiger partial charge in [-0.15, -0.1) is 0 Å². The van der Waals surface area contributed by atoms with Crippen molar-refractivity contribution in [2.24, 2.45) is 0 Å². The Hall–Kier alpha value is -2.66. The SMILES string of the molecule is COC(=O)c1cc2c(=O)n([C@H](C)c3ccc(Cl)cc3)ccc2nc1C. The first kappa shape index (κ1) is 17.2. The van der Waals surface area contributed by atoms with Gasteiger partial charge < -0.3 is 9.30 Å². The van der Waals surface area contributed by atoms with Crippen LogP contribution in [0.4, 0.5) is 0 Å². The molecule has 25 heavy (non-hydrogen) atoms. The molecule has 0 amide bonds. The number of methoxy groups -OCH3 is 1. The van der Waals surface area contributed by atoms with Crippen molar-refractivity contribution in [1.82, 2.24) is 9.55 Å². The van der Waals surface area contributed by atoms with Gasteiger partial charge in [-0.2, -0.15) is 0 Å². The van der Waals surface area contributed by atoms with Crippen LogP contribution < -0.4 is 5.56 Å². The van der Waals surface area contributed by atoms with E-state index in [4.69, 9.17) is 16.3 Å². The molecule has 0 saturated heterocycles. The lowest BCUT2D eigenvalue weighted by atomic mass is 10.1. The van der Waals surface area contributed by atoms with Crippen LogP contribution in [0.3, 0.4) is 0 Å². The minimum Gasteiger partial charge on any atom is -0.465 e. The Morgan fingerprint density at radius 3 is 2.56 bits per heavy atom. The van der Waals surface area contributed by atoms with E-state index in [1.165, 1.54) is 7.11 Å². The van der Waals surface area contributed by atoms with Gasteiger partial charge in [0.2, 0.25) is 0 Å². The average Bonchev–Trinajstić information content (AvgIpc) is 2.61. The third-order valence-corrected chi connectivity index (χ3v) is 4.53. The number of aromatic nitrogens is 2. The molecule has 0 fully saturated rings. The van der Waals surface area contributed by atoms with Crippen LogP contribution in [-0.2, 0) is 4.74 Å². The molecule has 3 rings (SSSR count). The maximum Gasteiger partial charge on any atom is 0.339 e. The molecule has 0 unspecified atom stereocenters. The summed E-state index contributed by atoms with van der Waals surface area (Å²) >= 11 is 5.93. The number of aryl methyl sites for hydroxylation is 1. The maximum absolute atomic E-state index is 12.9. The zero-order valence-electron chi connectivity index (χ0n) is 14.1. The standard InChI is InChI=1S/C19H17ClN2O3/c1-11-15(19(24)25-3)10-16-17(21-11)8-9-22(18(16)23)12(2)13-4-6-14(20)7-5-13/h4-10,12H,1-3H3/t12-/m1/s1. The number of ether oxygens (including phenoxy) is 1. The van der Waals surface area contributed by atoms with E-state index in [2.05, 4.69) is 4.98 Å². The molecule has 0 bridgehead atoms. The number of carbonyl (C=O) groups excluding carboxylic acids is 1. The summed E-state index contributed by atoms with van der Waals surface area (Å²) in [6, 6.07) is 10.5. The van der Waals surface area contributed by atoms with E-state index in [0.717, 1.165) is 5.56 Å². The van der Waals surface area contributed by atoms with Crippen molar-refractivity contribution < 1.29 is 9.53 Å². The van der Waals surface area contributed by atoms with Gasteiger partial charge in [-0.1, -0.05) is 23.7 Å². The summed E-state index contributed by atoms with van der Waals surface area (Å²) in [4.78, 5) is 29.2. The van der Waals surface area contributed by atoms with Gasteiger partial charge in [0.1, 0.15) is 0 Å². The molecule has 0 aliphatic carbocycles. The summed E-state index contributed by atoms with van der Waals surface area (Å²) in [7, 11) is 1.30. The van der Waals surface area contributed by atoms with Crippen LogP contribution in [0.25, 0.3) is 10.9 Å². The fraction of sp³-hybridized carbons (Fsp3) is 0.211. The largest absolute Gasteiger partial charge is 0.465 e. The molecular formula is C19H17ClN2O3. The van der Waals surface area contributed by atoms with E-state index >= 15 is 0 Å². The Morgan fingerprint density at radius 1 is 1.24 bits per heavy atom. The highest BCUT2D eigenvalue weighted by atomic mass is 35.5. The molecule has 2 heterocycles. The molecule has 0 spiro atoms. The maximum atomic E-state index is 12.9. The van der Waals surface area contributed by atoms with Crippen molar-refractivity contribution in [3.8, 4) is 0 Å². The van der Waals surface area contributed by atoms with Gasteiger partial charge in [0.25, 0.3) is 5.56 Å². The Morgan fingerprint density at radius 2 is 1.92 bits per heavy atom. The van der Waals surface area contributed by atoms with Crippen LogP contribution in [-0.4, -0.2) is 22.6 Å². The van der Waals surface area contributed by atoms with Crippen LogP contribution in [0.2, 0.25) is 5.02 Å². The lowest BCUT2D eigenvalue weighted by molar-refractivity contribution is 0.0599. The smallest absolute Gasteiger partial charge is 0.339 e. The van der Waals surface area contributed by atoms with Crippen molar-refractivity contribution in [1.29, 1.82) is 0 Å². The topological polar surface area (TPSA) is 61.2 Å². The quantitative estimate of drug-likeness (QED) is 0.670. The van der Waals surface area contributed by atoms with E-state index in [1.54, 1.807) is 42.0 Å². The van der Waals surface area contributed by atoms with Crippen LogP contribution in [0.1, 0.15) is 34.6 Å². The number of halogens is 1. The number of rotatable bonds is 3. The fourth-order valence-electron chi connectivity index (χ4n) is 2.80. The summed E-state index contributed by atoms with van der Waals surface area (Å²) in [5.74, 6) is -0.507. The highest BCUT2D eigenvalue weighted by Crippen LogP contribution is 2.21. The van der Waals surface area contributed by atoms with Gasteiger partial charge >= 0.3 is 5.97 Å². The summed E-state index contributed by atoms with van der Waals surface area (Å²) in [6.45, 7) is 3.65. The molecule has 1 aromatic carbocycles. The Labute approximate surface area is 149 Å². The number of fused-ring (bicyclic) bond motifs is 1. The molecule has 0 aliphatic rings. The molecule has 5 nitrogen and oxygen atoms in total. The number of esters is 1. The number of nitrogens with zero attached hydrogens (tertiary/aromatic N) is 2. The van der Waals surface area contributed by atoms with Gasteiger partial charge in [-0.05, 0) is 43.7 Å². The monoisotopic (exact) mass is 356 g/mol. The van der Waals surface area contributed by atoms with E-state index < -0.39 is 5.97 Å². The molecule has 0 radical (unpaired) electrons. The summed E-state index contributed by atoms with van der Waals surface area (Å²) < 4.78 is 6.38. The number of carbonyl (C=O) groups is 1. The van der Waals surface area contributed by atoms with Crippen molar-refractivity contribution in [3.05, 3.63) is 74.8 Å². The lowest BCUT2D eigenvalue weighted by Gasteiger charge is -2.16. The van der Waals surface area contributed by atoms with E-state index in [-0.39, 0.29) is 11.6 Å². The second-order valence-electron chi connectivity index (χ2n) is 5.80. The highest BCUT2D eigenvalue weighted by molar-refractivity contribution is 6.30. The molecular weight excluding hydrogens is 340 g/mol. The Bertz CT molecular complexity index is 1010. The Kier molecular flexibility index (Phi) is 4.59. The first-order valence-electron chi connectivity index (χ1n) is 7.78. The van der Waals surface area contributed by atoms with Gasteiger partial charge in [0, 0.05) is 11.2 Å². The van der Waals surface area contributed by atoms with Gasteiger partial charge in [0.05, 0.1) is 35.3 Å². The minimum atomic E-state index is -0.507. The van der Waals surface area contributed by atoms with Gasteiger partial charge in [0.15, 0.2) is 0 Å². The van der Waals surface area contributed by atoms with Crippen molar-refractivity contribution >= 4 is 28.5 Å². The molecule has 1 atom stereocenters. The normalized spacial score (nSPS) is 12.2. The molecule has 3 aromatic rings. The average molecular weight is 357 g/mol. The summed E-state index contributed by atoms with van der Waals surface area (Å²) in [6.07, 6.45) is 1.72. The zero-order valence-corrected chi connectivity index (χ0v) is 14.9. The zero-order chi connectivity index (χ0) is 18.1. The van der Waals surface area contributed by atoms with Crippen LogP contribution >= 0.6 is 11.6 Å². The highest BCUT2D eigenvalue weighted by Gasteiger charge is 2.16. The molecule has 0 aliphatic heterocycles. The fourth-order valence-corrected chi connectivity index (χ4v) is 2.93. The predicted octanol–water partition coefficient (Wildman–Crippen LogP) is 3.75. The predicted molar refractivity (Wildman–Crippen MR) is 97.3 cm³/mol. The van der Waals surface area contributed by atoms with E-state index in [9.17, 15) is 9.59 Å². The Balaban J connectivity index is 2.16. The second kappa shape index (κ2) is 6.69. The van der Waals surface area contributed by atoms with Gasteiger partial charge in [-0.25, -0.2) is 4.79 Å².